The van der Waals surface area contributed by atoms with E-state index in [9.17, 15) is 14.7 Å². The van der Waals surface area contributed by atoms with Crippen molar-refractivity contribution in [3.8, 4) is 17.2 Å². The first-order chi connectivity index (χ1) is 13.5. The Morgan fingerprint density at radius 2 is 1.71 bits per heavy atom. The molecule has 0 aliphatic rings. The van der Waals surface area contributed by atoms with Crippen molar-refractivity contribution < 1.29 is 28.9 Å². The normalized spacial score (nSPS) is 11.4. The van der Waals surface area contributed by atoms with Gasteiger partial charge in [0.15, 0.2) is 0 Å². The zero-order valence-electron chi connectivity index (χ0n) is 16.2. The summed E-state index contributed by atoms with van der Waals surface area (Å²) in [6.07, 6.45) is 0.522. The minimum atomic E-state index is -1.27. The van der Waals surface area contributed by atoms with E-state index in [1.165, 1.54) is 14.2 Å². The van der Waals surface area contributed by atoms with Crippen LogP contribution in [-0.2, 0) is 4.79 Å². The first-order valence-corrected chi connectivity index (χ1v) is 8.94. The fraction of sp³-hybridized carbons (Fsp3) is 0.333. The highest BCUT2D eigenvalue weighted by Crippen LogP contribution is 2.26. The number of carboxylic acid groups (broad SMARTS) is 1. The molecule has 1 amide bonds. The lowest BCUT2D eigenvalue weighted by molar-refractivity contribution is -0.306. The van der Waals surface area contributed by atoms with Crippen molar-refractivity contribution >= 4 is 11.9 Å². The Labute approximate surface area is 164 Å². The number of hydrogen-bond acceptors (Lipinski definition) is 6. The van der Waals surface area contributed by atoms with Crippen molar-refractivity contribution in [3.05, 3.63) is 53.6 Å². The molecule has 0 heterocycles. The lowest BCUT2D eigenvalue weighted by Gasteiger charge is -2.21. The van der Waals surface area contributed by atoms with Gasteiger partial charge in [0.1, 0.15) is 17.2 Å². The number of carbonyl (C=O) groups is 2. The Balaban J connectivity index is 2.22. The number of amides is 1. The van der Waals surface area contributed by atoms with Crippen LogP contribution in [-0.4, -0.2) is 32.7 Å². The maximum absolute atomic E-state index is 12.7. The lowest BCUT2D eigenvalue weighted by atomic mass is 10.0. The number of aliphatic carboxylic acids is 1. The molecule has 0 bridgehead atoms. The number of hydrogen-bond donors (Lipinski definition) is 1. The van der Waals surface area contributed by atoms with Crippen LogP contribution < -0.4 is 24.6 Å². The van der Waals surface area contributed by atoms with Crippen LogP contribution in [0.25, 0.3) is 0 Å². The van der Waals surface area contributed by atoms with Crippen molar-refractivity contribution in [1.29, 1.82) is 0 Å². The molecule has 150 valence electrons. The smallest absolute Gasteiger partial charge is 0.255 e. The van der Waals surface area contributed by atoms with Gasteiger partial charge in [0.05, 0.1) is 32.4 Å². The summed E-state index contributed by atoms with van der Waals surface area (Å²) in [5.74, 6) is -0.175. The van der Waals surface area contributed by atoms with Crippen molar-refractivity contribution in [2.24, 2.45) is 0 Å². The van der Waals surface area contributed by atoms with E-state index < -0.39 is 17.9 Å². The molecule has 0 aromatic heterocycles. The maximum atomic E-state index is 12.7. The molecule has 1 atom stereocenters. The second-order valence-corrected chi connectivity index (χ2v) is 6.09. The topological polar surface area (TPSA) is 96.9 Å². The third-order valence-electron chi connectivity index (χ3n) is 4.08. The number of methoxy groups -OCH3 is 2. The molecule has 1 N–H and O–H groups in total. The monoisotopic (exact) mass is 386 g/mol. The molecular formula is C21H24NO6-. The van der Waals surface area contributed by atoms with E-state index in [0.29, 0.717) is 29.4 Å². The number of rotatable bonds is 10. The van der Waals surface area contributed by atoms with Crippen LogP contribution in [0.1, 0.15) is 41.7 Å². The van der Waals surface area contributed by atoms with E-state index in [1.807, 2.05) is 6.92 Å². The molecule has 0 saturated carbocycles. The Morgan fingerprint density at radius 1 is 1.04 bits per heavy atom. The third-order valence-corrected chi connectivity index (χ3v) is 4.08. The minimum Gasteiger partial charge on any atom is -0.550 e. The summed E-state index contributed by atoms with van der Waals surface area (Å²) in [4.78, 5) is 23.9. The largest absolute Gasteiger partial charge is 0.550 e. The Kier molecular flexibility index (Phi) is 7.68. The first-order valence-electron chi connectivity index (χ1n) is 8.94. The van der Waals surface area contributed by atoms with Gasteiger partial charge in [-0.1, -0.05) is 19.1 Å². The van der Waals surface area contributed by atoms with Crippen LogP contribution in [0.2, 0.25) is 0 Å². The van der Waals surface area contributed by atoms with E-state index in [2.05, 4.69) is 5.32 Å². The zero-order chi connectivity index (χ0) is 20.5. The standard InChI is InChI=1S/C21H25NO6/c1-4-11-28-15-7-5-14(6-8-15)18(13-20(23)24)22-21(25)17-10-9-16(26-2)12-19(17)27-3/h5-10,12,18H,4,11,13H2,1-3H3,(H,22,25)(H,23,24)/p-1. The quantitative estimate of drug-likeness (QED) is 0.672. The predicted octanol–water partition coefficient (Wildman–Crippen LogP) is 2.10. The predicted molar refractivity (Wildman–Crippen MR) is 102 cm³/mol. The van der Waals surface area contributed by atoms with Crippen molar-refractivity contribution in [2.75, 3.05) is 20.8 Å². The van der Waals surface area contributed by atoms with Crippen LogP contribution in [0.3, 0.4) is 0 Å². The van der Waals surface area contributed by atoms with E-state index >= 15 is 0 Å². The van der Waals surface area contributed by atoms with Gasteiger partial charge in [0.2, 0.25) is 0 Å². The molecule has 0 aliphatic carbocycles. The van der Waals surface area contributed by atoms with Gasteiger partial charge in [0, 0.05) is 18.5 Å². The number of carbonyl (C=O) groups excluding carboxylic acids is 2. The summed E-state index contributed by atoms with van der Waals surface area (Å²) in [5.41, 5.74) is 0.906. The van der Waals surface area contributed by atoms with Crippen LogP contribution in [0.15, 0.2) is 42.5 Å². The summed E-state index contributed by atoms with van der Waals surface area (Å²) in [7, 11) is 2.96. The SMILES string of the molecule is CCCOc1ccc(C(CC(=O)[O-])NC(=O)c2ccc(OC)cc2OC)cc1. The fourth-order valence-electron chi connectivity index (χ4n) is 2.66. The second-order valence-electron chi connectivity index (χ2n) is 6.09. The van der Waals surface area contributed by atoms with Crippen LogP contribution in [0.5, 0.6) is 17.2 Å². The zero-order valence-corrected chi connectivity index (χ0v) is 16.2. The van der Waals surface area contributed by atoms with Gasteiger partial charge >= 0.3 is 0 Å². The van der Waals surface area contributed by atoms with Gasteiger partial charge in [-0.2, -0.15) is 0 Å². The molecule has 1 unspecified atom stereocenters. The summed E-state index contributed by atoms with van der Waals surface area (Å²) in [6.45, 7) is 2.60. The average molecular weight is 386 g/mol. The van der Waals surface area contributed by atoms with Crippen molar-refractivity contribution in [2.45, 2.75) is 25.8 Å². The van der Waals surface area contributed by atoms with Crippen LogP contribution in [0.4, 0.5) is 0 Å². The Morgan fingerprint density at radius 3 is 2.29 bits per heavy atom. The van der Waals surface area contributed by atoms with Gasteiger partial charge < -0.3 is 29.4 Å². The molecule has 0 radical (unpaired) electrons. The molecular weight excluding hydrogens is 362 g/mol. The summed E-state index contributed by atoms with van der Waals surface area (Å²) < 4.78 is 15.9. The molecule has 7 nitrogen and oxygen atoms in total. The Hall–Kier alpha value is -3.22. The molecule has 2 rings (SSSR count). The van der Waals surface area contributed by atoms with Gasteiger partial charge in [0.25, 0.3) is 5.91 Å². The molecule has 2 aromatic carbocycles. The summed E-state index contributed by atoms with van der Waals surface area (Å²) in [6, 6.07) is 11.0. The molecule has 28 heavy (non-hydrogen) atoms. The van der Waals surface area contributed by atoms with Gasteiger partial charge in [-0.3, -0.25) is 4.79 Å². The number of carboxylic acids is 1. The molecule has 0 fully saturated rings. The summed E-state index contributed by atoms with van der Waals surface area (Å²) >= 11 is 0. The number of nitrogens with one attached hydrogen (secondary N) is 1. The molecule has 0 aliphatic heterocycles. The highest BCUT2D eigenvalue weighted by Gasteiger charge is 2.19. The lowest BCUT2D eigenvalue weighted by Crippen LogP contribution is -2.34. The molecule has 2 aromatic rings. The molecule has 7 heteroatoms. The van der Waals surface area contributed by atoms with Crippen molar-refractivity contribution in [1.82, 2.24) is 5.32 Å². The first kappa shape index (κ1) is 21.1. The van der Waals surface area contributed by atoms with E-state index in [-0.39, 0.29) is 12.0 Å². The van der Waals surface area contributed by atoms with E-state index in [0.717, 1.165) is 6.42 Å². The van der Waals surface area contributed by atoms with Crippen LogP contribution in [0, 0.1) is 0 Å². The second kappa shape index (κ2) is 10.2. The molecule has 0 spiro atoms. The number of ether oxygens (including phenoxy) is 3. The average Bonchev–Trinajstić information content (AvgIpc) is 2.71. The number of benzene rings is 2. The third kappa shape index (κ3) is 5.64. The van der Waals surface area contributed by atoms with Crippen molar-refractivity contribution in [3.63, 3.8) is 0 Å². The van der Waals surface area contributed by atoms with Gasteiger partial charge in [-0.15, -0.1) is 0 Å². The van der Waals surface area contributed by atoms with E-state index in [1.54, 1.807) is 42.5 Å². The highest BCUT2D eigenvalue weighted by atomic mass is 16.5. The van der Waals surface area contributed by atoms with Gasteiger partial charge in [-0.25, -0.2) is 0 Å². The van der Waals surface area contributed by atoms with E-state index in [4.69, 9.17) is 14.2 Å². The minimum absolute atomic E-state index is 0.273. The fourth-order valence-corrected chi connectivity index (χ4v) is 2.66. The summed E-state index contributed by atoms with van der Waals surface area (Å²) in [5, 5.41) is 13.9. The molecule has 0 saturated heterocycles. The highest BCUT2D eigenvalue weighted by molar-refractivity contribution is 5.97. The Bertz CT molecular complexity index is 803. The van der Waals surface area contributed by atoms with Crippen LogP contribution >= 0.6 is 0 Å². The maximum Gasteiger partial charge on any atom is 0.255 e. The van der Waals surface area contributed by atoms with Gasteiger partial charge in [-0.05, 0) is 36.2 Å².